The molecule has 1 fully saturated rings. The number of likely N-dealkylation sites (tertiary alicyclic amines) is 1. The average Bonchev–Trinajstić information content (AvgIpc) is 2.76. The highest BCUT2D eigenvalue weighted by Crippen LogP contribution is 2.50. The van der Waals surface area contributed by atoms with Crippen LogP contribution >= 0.6 is 23.2 Å². The summed E-state index contributed by atoms with van der Waals surface area (Å²) in [5.41, 5.74) is -3.65. The zero-order chi connectivity index (χ0) is 24.6. The number of carboxylic acids is 1. The number of aliphatic carboxylic acids is 1. The van der Waals surface area contributed by atoms with E-state index in [1.807, 2.05) is 0 Å². The van der Waals surface area contributed by atoms with Gasteiger partial charge in [-0.2, -0.15) is 13.2 Å². The van der Waals surface area contributed by atoms with E-state index in [9.17, 15) is 27.9 Å². The zero-order valence-corrected chi connectivity index (χ0v) is 19.0. The lowest BCUT2D eigenvalue weighted by molar-refractivity contribution is -0.274. The summed E-state index contributed by atoms with van der Waals surface area (Å²) in [7, 11) is 0. The Labute approximate surface area is 197 Å². The van der Waals surface area contributed by atoms with Crippen molar-refractivity contribution in [3.63, 3.8) is 0 Å². The van der Waals surface area contributed by atoms with E-state index in [0.29, 0.717) is 12.8 Å². The maximum Gasteiger partial charge on any atom is 0.422 e. The number of rotatable bonds is 5. The van der Waals surface area contributed by atoms with Crippen LogP contribution in [-0.2, 0) is 10.4 Å². The van der Waals surface area contributed by atoms with Gasteiger partial charge in [-0.1, -0.05) is 36.2 Å². The minimum Gasteiger partial charge on any atom is -0.481 e. The van der Waals surface area contributed by atoms with E-state index >= 15 is 0 Å². The number of piperidine rings is 1. The summed E-state index contributed by atoms with van der Waals surface area (Å²) in [4.78, 5) is 29.0. The molecule has 1 saturated heterocycles. The Hall–Kier alpha value is -2.36. The molecule has 3 rings (SSSR count). The molecule has 6 nitrogen and oxygen atoms in total. The zero-order valence-electron chi connectivity index (χ0n) is 17.4. The average molecular weight is 505 g/mol. The van der Waals surface area contributed by atoms with Crippen LogP contribution in [0, 0.1) is 5.92 Å². The normalized spacial score (nSPS) is 18.0. The number of carbonyl (C=O) groups is 2. The Morgan fingerprint density at radius 1 is 1.15 bits per heavy atom. The minimum atomic E-state index is -5.07. The summed E-state index contributed by atoms with van der Waals surface area (Å²) >= 11 is 12.0. The van der Waals surface area contributed by atoms with E-state index in [4.69, 9.17) is 28.3 Å². The summed E-state index contributed by atoms with van der Waals surface area (Å²) < 4.78 is 42.2. The number of benzene rings is 1. The number of carboxylic acid groups (broad SMARTS) is 1. The first-order valence-corrected chi connectivity index (χ1v) is 10.8. The number of nitrogens with zero attached hydrogens (tertiary/aromatic N) is 2. The molecular weight excluding hydrogens is 484 g/mol. The van der Waals surface area contributed by atoms with Crippen LogP contribution in [0.2, 0.25) is 10.2 Å². The number of aliphatic hydroxyl groups is 1. The standard InChI is InChI=1S/C22H21Cl2F3N2O4/c1-12(21(33,22(25,26)27)15-4-7-28-18(24)11-15)16-3-2-14(10-17(16)23)19(30)29-8-5-13(6-9-29)20(31)32/h2-4,7,10-13,33H,5-6,8-9H2,1H3,(H,31,32)/t12-,21-/m1/s1. The van der Waals surface area contributed by atoms with Crippen molar-refractivity contribution in [3.8, 4) is 0 Å². The van der Waals surface area contributed by atoms with Gasteiger partial charge < -0.3 is 15.1 Å². The lowest BCUT2D eigenvalue weighted by atomic mass is 9.78. The van der Waals surface area contributed by atoms with Gasteiger partial charge >= 0.3 is 12.1 Å². The molecule has 0 bridgehead atoms. The molecule has 0 unspecified atom stereocenters. The van der Waals surface area contributed by atoms with E-state index in [0.717, 1.165) is 18.3 Å². The highest BCUT2D eigenvalue weighted by atomic mass is 35.5. The van der Waals surface area contributed by atoms with Crippen molar-refractivity contribution < 1.29 is 33.0 Å². The van der Waals surface area contributed by atoms with Crippen LogP contribution in [0.25, 0.3) is 0 Å². The third-order valence-electron chi connectivity index (χ3n) is 6.07. The fraction of sp³-hybridized carbons (Fsp3) is 0.409. The van der Waals surface area contributed by atoms with Gasteiger partial charge in [0.05, 0.1) is 5.92 Å². The van der Waals surface area contributed by atoms with Crippen molar-refractivity contribution in [3.05, 3.63) is 63.4 Å². The molecule has 33 heavy (non-hydrogen) atoms. The lowest BCUT2D eigenvalue weighted by Crippen LogP contribution is -2.46. The highest BCUT2D eigenvalue weighted by molar-refractivity contribution is 6.31. The van der Waals surface area contributed by atoms with Gasteiger partial charge in [0.15, 0.2) is 5.60 Å². The molecule has 1 aliphatic rings. The molecule has 2 atom stereocenters. The number of hydrogen-bond donors (Lipinski definition) is 2. The first-order chi connectivity index (χ1) is 15.4. The quantitative estimate of drug-likeness (QED) is 0.566. The number of pyridine rings is 1. The Kier molecular flexibility index (Phi) is 7.26. The first-order valence-electron chi connectivity index (χ1n) is 10.1. The van der Waals surface area contributed by atoms with Gasteiger partial charge in [-0.3, -0.25) is 9.59 Å². The van der Waals surface area contributed by atoms with Gasteiger partial charge in [0.25, 0.3) is 5.91 Å². The van der Waals surface area contributed by atoms with Crippen LogP contribution in [0.3, 0.4) is 0 Å². The predicted molar refractivity (Wildman–Crippen MR) is 115 cm³/mol. The Balaban J connectivity index is 1.89. The van der Waals surface area contributed by atoms with Crippen LogP contribution in [0.1, 0.15) is 47.2 Å². The lowest BCUT2D eigenvalue weighted by Gasteiger charge is -2.37. The van der Waals surface area contributed by atoms with Crippen molar-refractivity contribution in [1.82, 2.24) is 9.88 Å². The maximum atomic E-state index is 14.1. The second-order valence-corrected chi connectivity index (χ2v) is 8.79. The van der Waals surface area contributed by atoms with Gasteiger partial charge in [-0.05, 0) is 48.2 Å². The summed E-state index contributed by atoms with van der Waals surface area (Å²) in [6.07, 6.45) is -3.37. The van der Waals surface area contributed by atoms with Gasteiger partial charge in [-0.25, -0.2) is 4.98 Å². The monoisotopic (exact) mass is 504 g/mol. The fourth-order valence-corrected chi connectivity index (χ4v) is 4.57. The summed E-state index contributed by atoms with van der Waals surface area (Å²) in [6, 6.07) is 5.86. The molecule has 0 spiro atoms. The topological polar surface area (TPSA) is 90.7 Å². The van der Waals surface area contributed by atoms with Gasteiger partial charge in [0.2, 0.25) is 0 Å². The second kappa shape index (κ2) is 9.48. The predicted octanol–water partition coefficient (Wildman–Crippen LogP) is 4.88. The van der Waals surface area contributed by atoms with Crippen molar-refractivity contribution in [1.29, 1.82) is 0 Å². The second-order valence-electron chi connectivity index (χ2n) is 7.99. The molecule has 1 aromatic heterocycles. The summed E-state index contributed by atoms with van der Waals surface area (Å²) in [5.74, 6) is -3.36. The third-order valence-corrected chi connectivity index (χ3v) is 6.60. The van der Waals surface area contributed by atoms with Crippen molar-refractivity contribution in [2.75, 3.05) is 13.1 Å². The molecule has 2 aromatic rings. The van der Waals surface area contributed by atoms with Crippen molar-refractivity contribution in [2.24, 2.45) is 5.92 Å². The molecule has 0 radical (unpaired) electrons. The molecule has 178 valence electrons. The van der Waals surface area contributed by atoms with Gasteiger partial charge in [0.1, 0.15) is 5.15 Å². The summed E-state index contributed by atoms with van der Waals surface area (Å²) in [5, 5.41) is 19.6. The van der Waals surface area contributed by atoms with Crippen molar-refractivity contribution in [2.45, 2.75) is 37.5 Å². The number of alkyl halides is 3. The number of aromatic nitrogens is 1. The Morgan fingerprint density at radius 3 is 2.30 bits per heavy atom. The number of halogens is 5. The maximum absolute atomic E-state index is 14.1. The Bertz CT molecular complexity index is 1060. The van der Waals surface area contributed by atoms with E-state index in [2.05, 4.69) is 4.98 Å². The van der Waals surface area contributed by atoms with Crippen LogP contribution in [0.4, 0.5) is 13.2 Å². The van der Waals surface area contributed by atoms with Crippen LogP contribution < -0.4 is 0 Å². The minimum absolute atomic E-state index is 0.00874. The largest absolute Gasteiger partial charge is 0.481 e. The first kappa shape index (κ1) is 25.3. The number of carbonyl (C=O) groups excluding carboxylic acids is 1. The van der Waals surface area contributed by atoms with E-state index in [1.54, 1.807) is 0 Å². The van der Waals surface area contributed by atoms with Crippen LogP contribution in [-0.4, -0.2) is 51.2 Å². The van der Waals surface area contributed by atoms with Crippen LogP contribution in [0.15, 0.2) is 36.5 Å². The van der Waals surface area contributed by atoms with Crippen molar-refractivity contribution >= 4 is 35.1 Å². The smallest absolute Gasteiger partial charge is 0.422 e. The molecule has 1 aliphatic heterocycles. The molecule has 11 heteroatoms. The molecule has 1 amide bonds. The molecule has 0 saturated carbocycles. The molecular formula is C22H21Cl2F3N2O4. The Morgan fingerprint density at radius 2 is 1.79 bits per heavy atom. The van der Waals surface area contributed by atoms with E-state index in [1.165, 1.54) is 30.0 Å². The van der Waals surface area contributed by atoms with E-state index in [-0.39, 0.29) is 34.4 Å². The number of hydrogen-bond acceptors (Lipinski definition) is 4. The molecule has 2 heterocycles. The number of amides is 1. The van der Waals surface area contributed by atoms with Crippen LogP contribution in [0.5, 0.6) is 0 Å². The highest BCUT2D eigenvalue weighted by Gasteiger charge is 2.59. The molecule has 0 aliphatic carbocycles. The third kappa shape index (κ3) is 4.95. The summed E-state index contributed by atoms with van der Waals surface area (Å²) in [6.45, 7) is 1.69. The molecule has 2 N–H and O–H groups in total. The van der Waals surface area contributed by atoms with E-state index < -0.39 is 41.1 Å². The molecule has 1 aromatic carbocycles. The van der Waals surface area contributed by atoms with Gasteiger partial charge in [-0.15, -0.1) is 0 Å². The van der Waals surface area contributed by atoms with Gasteiger partial charge in [0, 0.05) is 35.8 Å². The fourth-order valence-electron chi connectivity index (χ4n) is 4.05. The SMILES string of the molecule is C[C@H](c1ccc(C(=O)N2CCC(C(=O)O)CC2)cc1Cl)[C@@](O)(c1ccnc(Cl)c1)C(F)(F)F.